The number of hydrogen-bond acceptors (Lipinski definition) is 4. The van der Waals surface area contributed by atoms with Crippen LogP contribution in [0.25, 0.3) is 10.9 Å². The van der Waals surface area contributed by atoms with Crippen LogP contribution in [0.2, 0.25) is 0 Å². The number of likely N-dealkylation sites (N-methyl/N-ethyl adjacent to an activating group) is 1. The van der Waals surface area contributed by atoms with Crippen molar-refractivity contribution in [1.82, 2.24) is 14.9 Å². The molecule has 0 radical (unpaired) electrons. The largest absolute Gasteiger partial charge is 0.416 e. The number of rotatable bonds is 7. The van der Waals surface area contributed by atoms with Crippen molar-refractivity contribution in [3.63, 3.8) is 0 Å². The standard InChI is InChI=1S/C29H35F3N4/c1-6-10-21(18-22(11-7-2)29(30,31)32)24(20(3)4)19-27-26(13-9-17-36(27)5)35-28-23-12-8-15-33-25(23)14-16-34-28/h6,8,10-12,14-16,18-19,26H,7,9,13,17H2,1-5H3,(H,34,35)/b10-6-,21-18+,22-11-,27-19-. The molecule has 0 aromatic carbocycles. The Morgan fingerprint density at radius 2 is 1.97 bits per heavy atom. The predicted octanol–water partition coefficient (Wildman–Crippen LogP) is 7.76. The van der Waals surface area contributed by atoms with Crippen LogP contribution in [0.1, 0.15) is 47.0 Å². The Bertz CT molecular complexity index is 1210. The Balaban J connectivity index is 2.08. The third-order valence-electron chi connectivity index (χ3n) is 6.18. The highest BCUT2D eigenvalue weighted by atomic mass is 19.4. The van der Waals surface area contributed by atoms with Crippen LogP contribution in [0.4, 0.5) is 19.0 Å². The van der Waals surface area contributed by atoms with Crippen molar-refractivity contribution in [1.29, 1.82) is 0 Å². The fourth-order valence-electron chi connectivity index (χ4n) is 4.42. The van der Waals surface area contributed by atoms with Gasteiger partial charge in [-0.25, -0.2) is 4.98 Å². The van der Waals surface area contributed by atoms with Gasteiger partial charge in [-0.2, -0.15) is 13.2 Å². The number of fused-ring (bicyclic) bond motifs is 1. The van der Waals surface area contributed by atoms with Crippen LogP contribution in [-0.4, -0.2) is 40.7 Å². The first-order valence-corrected chi connectivity index (χ1v) is 12.3. The van der Waals surface area contributed by atoms with E-state index in [2.05, 4.69) is 20.2 Å². The summed E-state index contributed by atoms with van der Waals surface area (Å²) >= 11 is 0. The fraction of sp³-hybridized carbons (Fsp3) is 0.379. The zero-order valence-corrected chi connectivity index (χ0v) is 21.7. The molecular weight excluding hydrogens is 461 g/mol. The Hall–Kier alpha value is -3.35. The number of nitrogens with zero attached hydrogens (tertiary/aromatic N) is 3. The van der Waals surface area contributed by atoms with E-state index in [4.69, 9.17) is 0 Å². The van der Waals surface area contributed by atoms with Crippen molar-refractivity contribution in [3.8, 4) is 0 Å². The number of nitrogens with one attached hydrogen (secondary N) is 1. The van der Waals surface area contributed by atoms with Gasteiger partial charge in [0.25, 0.3) is 0 Å². The highest BCUT2D eigenvalue weighted by Gasteiger charge is 2.32. The molecule has 3 heterocycles. The lowest BCUT2D eigenvalue weighted by Crippen LogP contribution is -2.38. The van der Waals surface area contributed by atoms with Crippen LogP contribution >= 0.6 is 0 Å². The van der Waals surface area contributed by atoms with Crippen LogP contribution < -0.4 is 5.32 Å². The summed E-state index contributed by atoms with van der Waals surface area (Å²) in [7, 11) is 2.03. The Labute approximate surface area is 212 Å². The minimum absolute atomic E-state index is 0.0449. The number of likely N-dealkylation sites (tertiary alicyclic amines) is 1. The molecule has 1 saturated heterocycles. The number of anilines is 1. The summed E-state index contributed by atoms with van der Waals surface area (Å²) in [5, 5.41) is 4.53. The molecule has 0 spiro atoms. The van der Waals surface area contributed by atoms with Gasteiger partial charge in [0, 0.05) is 37.1 Å². The molecule has 0 aliphatic carbocycles. The molecule has 1 fully saturated rings. The smallest absolute Gasteiger partial charge is 0.376 e. The van der Waals surface area contributed by atoms with Gasteiger partial charge in [-0.3, -0.25) is 4.98 Å². The van der Waals surface area contributed by atoms with Crippen molar-refractivity contribution in [2.75, 3.05) is 18.9 Å². The van der Waals surface area contributed by atoms with E-state index in [1.54, 1.807) is 31.5 Å². The lowest BCUT2D eigenvalue weighted by Gasteiger charge is -2.36. The monoisotopic (exact) mass is 496 g/mol. The molecule has 4 nitrogen and oxygen atoms in total. The summed E-state index contributed by atoms with van der Waals surface area (Å²) in [6, 6.07) is 5.70. The van der Waals surface area contributed by atoms with E-state index in [9.17, 15) is 13.2 Å². The zero-order valence-electron chi connectivity index (χ0n) is 21.7. The van der Waals surface area contributed by atoms with Crippen molar-refractivity contribution in [3.05, 3.63) is 89.0 Å². The second kappa shape index (κ2) is 12.1. The van der Waals surface area contributed by atoms with Gasteiger partial charge < -0.3 is 10.2 Å². The number of alkyl halides is 3. The van der Waals surface area contributed by atoms with Crippen LogP contribution in [0.3, 0.4) is 0 Å². The number of allylic oxidation sites excluding steroid dienone is 9. The topological polar surface area (TPSA) is 41.1 Å². The third kappa shape index (κ3) is 6.65. The van der Waals surface area contributed by atoms with E-state index in [1.165, 1.54) is 12.2 Å². The fourth-order valence-corrected chi connectivity index (χ4v) is 4.42. The maximum Gasteiger partial charge on any atom is 0.416 e. The summed E-state index contributed by atoms with van der Waals surface area (Å²) < 4.78 is 41.2. The van der Waals surface area contributed by atoms with Crippen molar-refractivity contribution in [2.24, 2.45) is 0 Å². The van der Waals surface area contributed by atoms with Gasteiger partial charge in [0.15, 0.2) is 0 Å². The van der Waals surface area contributed by atoms with Gasteiger partial charge in [-0.1, -0.05) is 30.7 Å². The summed E-state index contributed by atoms with van der Waals surface area (Å²) in [5.41, 5.74) is 3.50. The van der Waals surface area contributed by atoms with Gasteiger partial charge in [0.05, 0.1) is 17.1 Å². The van der Waals surface area contributed by atoms with Crippen LogP contribution in [-0.2, 0) is 0 Å². The molecule has 0 amide bonds. The van der Waals surface area contributed by atoms with Crippen LogP contribution in [0.15, 0.2) is 89.0 Å². The Kier molecular flexibility index (Phi) is 9.13. The summed E-state index contributed by atoms with van der Waals surface area (Å²) in [4.78, 5) is 11.2. The maximum atomic E-state index is 13.7. The average Bonchev–Trinajstić information content (AvgIpc) is 2.82. The van der Waals surface area contributed by atoms with E-state index in [1.807, 2.05) is 52.1 Å². The minimum atomic E-state index is -4.41. The van der Waals surface area contributed by atoms with Gasteiger partial charge in [-0.15, -0.1) is 0 Å². The van der Waals surface area contributed by atoms with E-state index < -0.39 is 11.7 Å². The minimum Gasteiger partial charge on any atom is -0.376 e. The van der Waals surface area contributed by atoms with Gasteiger partial charge >= 0.3 is 6.18 Å². The van der Waals surface area contributed by atoms with Crippen molar-refractivity contribution in [2.45, 2.75) is 59.2 Å². The van der Waals surface area contributed by atoms with Crippen molar-refractivity contribution >= 4 is 16.7 Å². The zero-order chi connectivity index (χ0) is 26.3. The van der Waals surface area contributed by atoms with Crippen LogP contribution in [0, 0.1) is 0 Å². The molecule has 1 atom stereocenters. The quantitative estimate of drug-likeness (QED) is 0.398. The lowest BCUT2D eigenvalue weighted by atomic mass is 9.93. The molecule has 7 heteroatoms. The average molecular weight is 497 g/mol. The molecule has 192 valence electrons. The SMILES string of the molecule is C\C=C/C(=C\C(=C\CC)C(F)(F)F)C(/C=C1/C(Nc2nccc3ncccc23)CCCN1C)=C(C)C. The Morgan fingerprint density at radius 3 is 2.64 bits per heavy atom. The van der Waals surface area contributed by atoms with Gasteiger partial charge in [-0.05, 0) is 81.5 Å². The van der Waals surface area contributed by atoms with Crippen LogP contribution in [0.5, 0.6) is 0 Å². The van der Waals surface area contributed by atoms with Gasteiger partial charge in [0.2, 0.25) is 0 Å². The predicted molar refractivity (Wildman–Crippen MR) is 143 cm³/mol. The van der Waals surface area contributed by atoms with E-state index in [-0.39, 0.29) is 6.04 Å². The third-order valence-corrected chi connectivity index (χ3v) is 6.18. The number of aromatic nitrogens is 2. The Morgan fingerprint density at radius 1 is 1.19 bits per heavy atom. The highest BCUT2D eigenvalue weighted by Crippen LogP contribution is 2.33. The normalized spacial score (nSPS) is 18.8. The van der Waals surface area contributed by atoms with E-state index in [0.29, 0.717) is 12.0 Å². The highest BCUT2D eigenvalue weighted by molar-refractivity contribution is 5.88. The lowest BCUT2D eigenvalue weighted by molar-refractivity contribution is -0.0884. The number of hydrogen-bond donors (Lipinski definition) is 1. The molecule has 3 rings (SSSR count). The molecule has 1 aliphatic heterocycles. The first-order valence-electron chi connectivity index (χ1n) is 12.3. The summed E-state index contributed by atoms with van der Waals surface area (Å²) in [6.45, 7) is 8.27. The molecule has 36 heavy (non-hydrogen) atoms. The molecule has 1 N–H and O–H groups in total. The molecular formula is C29H35F3N4. The van der Waals surface area contributed by atoms with Crippen molar-refractivity contribution < 1.29 is 13.2 Å². The first-order chi connectivity index (χ1) is 17.2. The number of halogens is 3. The van der Waals surface area contributed by atoms with E-state index >= 15 is 0 Å². The summed E-state index contributed by atoms with van der Waals surface area (Å²) in [6.07, 6.45) is 9.31. The molecule has 2 aromatic heterocycles. The molecule has 1 unspecified atom stereocenters. The maximum absolute atomic E-state index is 13.7. The van der Waals surface area contributed by atoms with E-state index in [0.717, 1.165) is 53.0 Å². The van der Waals surface area contributed by atoms with Gasteiger partial charge in [0.1, 0.15) is 5.82 Å². The second-order valence-electron chi connectivity index (χ2n) is 9.14. The second-order valence-corrected chi connectivity index (χ2v) is 9.14. The summed E-state index contributed by atoms with van der Waals surface area (Å²) in [5.74, 6) is 0.750. The number of piperidine rings is 1. The first kappa shape index (κ1) is 27.2. The molecule has 0 bridgehead atoms. The molecule has 2 aromatic rings. The molecule has 1 aliphatic rings. The number of pyridine rings is 2. The molecule has 0 saturated carbocycles.